The summed E-state index contributed by atoms with van der Waals surface area (Å²) in [5, 5.41) is 15.1. The van der Waals surface area contributed by atoms with Gasteiger partial charge >= 0.3 is 0 Å². The molecule has 0 atom stereocenters. The van der Waals surface area contributed by atoms with E-state index in [2.05, 4.69) is 20.7 Å². The summed E-state index contributed by atoms with van der Waals surface area (Å²) in [5.41, 5.74) is 1.30. The van der Waals surface area contributed by atoms with Crippen molar-refractivity contribution >= 4 is 29.1 Å². The molecule has 8 nitrogen and oxygen atoms in total. The van der Waals surface area contributed by atoms with Gasteiger partial charge in [0.1, 0.15) is 6.54 Å². The van der Waals surface area contributed by atoms with Crippen LogP contribution in [0.2, 0.25) is 5.02 Å². The summed E-state index contributed by atoms with van der Waals surface area (Å²) in [6.07, 6.45) is 0. The molecule has 1 heterocycles. The van der Waals surface area contributed by atoms with Gasteiger partial charge in [-0.25, -0.2) is 0 Å². The van der Waals surface area contributed by atoms with Crippen molar-refractivity contribution in [1.82, 2.24) is 25.1 Å². The summed E-state index contributed by atoms with van der Waals surface area (Å²) >= 11 is 6.01. The Hall–Kier alpha value is -3.26. The standard InChI is InChI=1S/C18H17ClN6O2/c1-24(11-16(26)20-15-10-6-5-9-14(15)19)17(27)12-25-22-18(21-23-25)13-7-3-2-4-8-13/h2-10H,11-12H2,1H3,(H,20,26). The van der Waals surface area contributed by atoms with E-state index in [1.807, 2.05) is 30.3 Å². The molecule has 3 rings (SSSR count). The quantitative estimate of drug-likeness (QED) is 0.702. The average Bonchev–Trinajstić information content (AvgIpc) is 3.13. The van der Waals surface area contributed by atoms with Crippen LogP contribution in [-0.4, -0.2) is 50.5 Å². The number of hydrogen-bond acceptors (Lipinski definition) is 5. The molecule has 0 saturated carbocycles. The molecule has 27 heavy (non-hydrogen) atoms. The van der Waals surface area contributed by atoms with Crippen LogP contribution in [0.15, 0.2) is 54.6 Å². The van der Waals surface area contributed by atoms with Crippen LogP contribution in [0.25, 0.3) is 11.4 Å². The molecule has 0 aliphatic rings. The van der Waals surface area contributed by atoms with E-state index in [0.29, 0.717) is 16.5 Å². The molecular formula is C18H17ClN6O2. The Morgan fingerprint density at radius 2 is 1.81 bits per heavy atom. The zero-order valence-electron chi connectivity index (χ0n) is 14.5. The van der Waals surface area contributed by atoms with Gasteiger partial charge in [0.05, 0.1) is 17.3 Å². The van der Waals surface area contributed by atoms with Crippen LogP contribution >= 0.6 is 11.6 Å². The van der Waals surface area contributed by atoms with Crippen molar-refractivity contribution in [3.8, 4) is 11.4 Å². The van der Waals surface area contributed by atoms with Crippen LogP contribution in [0.1, 0.15) is 0 Å². The molecule has 0 saturated heterocycles. The van der Waals surface area contributed by atoms with E-state index in [0.717, 1.165) is 5.56 Å². The Morgan fingerprint density at radius 3 is 2.56 bits per heavy atom. The number of anilines is 1. The highest BCUT2D eigenvalue weighted by molar-refractivity contribution is 6.33. The fourth-order valence-electron chi connectivity index (χ4n) is 2.31. The first-order chi connectivity index (χ1) is 13.0. The highest BCUT2D eigenvalue weighted by Crippen LogP contribution is 2.20. The zero-order valence-corrected chi connectivity index (χ0v) is 15.3. The summed E-state index contributed by atoms with van der Waals surface area (Å²) in [4.78, 5) is 26.9. The van der Waals surface area contributed by atoms with Gasteiger partial charge < -0.3 is 10.2 Å². The molecule has 0 unspecified atom stereocenters. The van der Waals surface area contributed by atoms with Gasteiger partial charge in [0.25, 0.3) is 0 Å². The molecule has 2 amide bonds. The lowest BCUT2D eigenvalue weighted by Gasteiger charge is -2.16. The van der Waals surface area contributed by atoms with Gasteiger partial charge in [-0.2, -0.15) is 4.80 Å². The third-order valence-electron chi connectivity index (χ3n) is 3.72. The molecule has 3 aromatic rings. The number of carbonyl (C=O) groups excluding carboxylic acids is 2. The predicted molar refractivity (Wildman–Crippen MR) is 101 cm³/mol. The SMILES string of the molecule is CN(CC(=O)Nc1ccccc1Cl)C(=O)Cn1nnc(-c2ccccc2)n1. The van der Waals surface area contributed by atoms with Gasteiger partial charge in [-0.1, -0.05) is 54.1 Å². The molecule has 0 spiro atoms. The summed E-state index contributed by atoms with van der Waals surface area (Å²) in [7, 11) is 1.53. The molecule has 9 heteroatoms. The van der Waals surface area contributed by atoms with E-state index in [1.54, 1.807) is 24.3 Å². The summed E-state index contributed by atoms with van der Waals surface area (Å²) in [6.45, 7) is -0.236. The number of halogens is 1. The number of nitrogens with one attached hydrogen (secondary N) is 1. The topological polar surface area (TPSA) is 93.0 Å². The van der Waals surface area contributed by atoms with Crippen molar-refractivity contribution in [1.29, 1.82) is 0 Å². The summed E-state index contributed by atoms with van der Waals surface area (Å²) in [6, 6.07) is 16.2. The van der Waals surface area contributed by atoms with E-state index in [1.165, 1.54) is 16.7 Å². The van der Waals surface area contributed by atoms with Crippen molar-refractivity contribution in [3.05, 3.63) is 59.6 Å². The minimum absolute atomic E-state index is 0.115. The average molecular weight is 385 g/mol. The number of likely N-dealkylation sites (N-methyl/N-ethyl adjacent to an activating group) is 1. The van der Waals surface area contributed by atoms with Crippen LogP contribution in [0, 0.1) is 0 Å². The zero-order chi connectivity index (χ0) is 19.2. The van der Waals surface area contributed by atoms with Crippen LogP contribution in [0.5, 0.6) is 0 Å². The maximum absolute atomic E-state index is 12.3. The lowest BCUT2D eigenvalue weighted by Crippen LogP contribution is -2.37. The second-order valence-electron chi connectivity index (χ2n) is 5.79. The number of tetrazole rings is 1. The lowest BCUT2D eigenvalue weighted by atomic mass is 10.2. The smallest absolute Gasteiger partial charge is 0.246 e. The Labute approximate surface area is 160 Å². The van der Waals surface area contributed by atoms with Gasteiger partial charge in [0, 0.05) is 12.6 Å². The molecule has 1 aromatic heterocycles. The van der Waals surface area contributed by atoms with Gasteiger partial charge in [-0.15, -0.1) is 10.2 Å². The van der Waals surface area contributed by atoms with Crippen molar-refractivity contribution in [3.63, 3.8) is 0 Å². The Kier molecular flexibility index (Phi) is 5.77. The number of para-hydroxylation sites is 1. The van der Waals surface area contributed by atoms with Gasteiger partial charge in [0.2, 0.25) is 17.6 Å². The van der Waals surface area contributed by atoms with E-state index in [9.17, 15) is 9.59 Å². The fourth-order valence-corrected chi connectivity index (χ4v) is 2.49. The lowest BCUT2D eigenvalue weighted by molar-refractivity contribution is -0.134. The molecule has 2 aromatic carbocycles. The number of rotatable bonds is 6. The monoisotopic (exact) mass is 384 g/mol. The molecule has 0 aliphatic carbocycles. The molecule has 0 bridgehead atoms. The molecule has 0 fully saturated rings. The third-order valence-corrected chi connectivity index (χ3v) is 4.05. The first-order valence-electron chi connectivity index (χ1n) is 8.14. The van der Waals surface area contributed by atoms with Crippen LogP contribution < -0.4 is 5.32 Å². The number of hydrogen-bond donors (Lipinski definition) is 1. The molecule has 0 aliphatic heterocycles. The Balaban J connectivity index is 1.56. The highest BCUT2D eigenvalue weighted by atomic mass is 35.5. The van der Waals surface area contributed by atoms with Gasteiger partial charge in [-0.05, 0) is 17.3 Å². The first kappa shape index (κ1) is 18.5. The largest absolute Gasteiger partial charge is 0.335 e. The number of nitrogens with zero attached hydrogens (tertiary/aromatic N) is 5. The van der Waals surface area contributed by atoms with Crippen LogP contribution in [0.3, 0.4) is 0 Å². The maximum Gasteiger partial charge on any atom is 0.246 e. The number of benzene rings is 2. The maximum atomic E-state index is 12.3. The van der Waals surface area contributed by atoms with Crippen molar-refractivity contribution < 1.29 is 9.59 Å². The first-order valence-corrected chi connectivity index (χ1v) is 8.52. The van der Waals surface area contributed by atoms with Crippen molar-refractivity contribution in [2.75, 3.05) is 18.9 Å². The predicted octanol–water partition coefficient (Wildman–Crippen LogP) is 2.09. The Bertz CT molecular complexity index is 944. The summed E-state index contributed by atoms with van der Waals surface area (Å²) in [5.74, 6) is -0.237. The molecule has 0 radical (unpaired) electrons. The van der Waals surface area contributed by atoms with E-state index in [4.69, 9.17) is 11.6 Å². The molecule has 1 N–H and O–H groups in total. The van der Waals surface area contributed by atoms with Crippen molar-refractivity contribution in [2.45, 2.75) is 6.54 Å². The fraction of sp³-hybridized carbons (Fsp3) is 0.167. The van der Waals surface area contributed by atoms with Crippen molar-refractivity contribution in [2.24, 2.45) is 0 Å². The second-order valence-corrected chi connectivity index (χ2v) is 6.19. The van der Waals surface area contributed by atoms with Gasteiger partial charge in [0.15, 0.2) is 0 Å². The number of aromatic nitrogens is 4. The Morgan fingerprint density at radius 1 is 1.11 bits per heavy atom. The summed E-state index contributed by atoms with van der Waals surface area (Å²) < 4.78 is 0. The normalized spacial score (nSPS) is 10.4. The minimum atomic E-state index is -0.351. The van der Waals surface area contributed by atoms with E-state index in [-0.39, 0.29) is 24.9 Å². The third kappa shape index (κ3) is 4.89. The molecule has 138 valence electrons. The van der Waals surface area contributed by atoms with Crippen LogP contribution in [0.4, 0.5) is 5.69 Å². The molecular weight excluding hydrogens is 368 g/mol. The van der Waals surface area contributed by atoms with Crippen LogP contribution in [-0.2, 0) is 16.1 Å². The second kappa shape index (κ2) is 8.41. The van der Waals surface area contributed by atoms with Gasteiger partial charge in [-0.3, -0.25) is 9.59 Å². The number of amides is 2. The minimum Gasteiger partial charge on any atom is -0.335 e. The van der Waals surface area contributed by atoms with E-state index >= 15 is 0 Å². The van der Waals surface area contributed by atoms with E-state index < -0.39 is 0 Å². The highest BCUT2D eigenvalue weighted by Gasteiger charge is 2.16. The number of carbonyl (C=O) groups is 2.